The fraction of sp³-hybridized carbons (Fsp3) is 0.867. The van der Waals surface area contributed by atoms with Gasteiger partial charge >= 0.3 is 0 Å². The van der Waals surface area contributed by atoms with Crippen LogP contribution in [0.25, 0.3) is 0 Å². The first-order chi connectivity index (χ1) is 9.70. The first-order valence-electron chi connectivity index (χ1n) is 7.44. The maximum Gasteiger partial charge on any atom is 0.246 e. The summed E-state index contributed by atoms with van der Waals surface area (Å²) in [6.45, 7) is 9.09. The van der Waals surface area contributed by atoms with Crippen LogP contribution in [0, 0.1) is 5.41 Å². The molecule has 3 atom stereocenters. The topological polar surface area (TPSA) is 67.9 Å². The van der Waals surface area contributed by atoms with Crippen LogP contribution >= 0.6 is 0 Å². The maximum absolute atomic E-state index is 12.8. The molecule has 0 aromatic rings. The highest BCUT2D eigenvalue weighted by atomic mass is 16.5. The standard InChI is InChI=1S/C15H26N2O4/c1-10-12(18)16-11(14(2,3)4)13(19)17(10)8-15(20-5)6-7-21-9-15/h10-11H,6-9H2,1-5H3,(H,16,18). The predicted molar refractivity (Wildman–Crippen MR) is 77.7 cm³/mol. The molecule has 120 valence electrons. The average Bonchev–Trinajstić information content (AvgIpc) is 2.87. The number of amides is 2. The Morgan fingerprint density at radius 2 is 2.10 bits per heavy atom. The van der Waals surface area contributed by atoms with Crippen molar-refractivity contribution in [2.24, 2.45) is 5.41 Å². The Hall–Kier alpha value is -1.14. The molecule has 0 aliphatic carbocycles. The van der Waals surface area contributed by atoms with Crippen molar-refractivity contribution in [3.8, 4) is 0 Å². The van der Waals surface area contributed by atoms with Gasteiger partial charge < -0.3 is 19.7 Å². The summed E-state index contributed by atoms with van der Waals surface area (Å²) in [4.78, 5) is 26.6. The average molecular weight is 298 g/mol. The van der Waals surface area contributed by atoms with Gasteiger partial charge in [-0.3, -0.25) is 9.59 Å². The summed E-state index contributed by atoms with van der Waals surface area (Å²) < 4.78 is 11.0. The maximum atomic E-state index is 12.8. The van der Waals surface area contributed by atoms with E-state index in [2.05, 4.69) is 5.32 Å². The molecule has 1 N–H and O–H groups in total. The van der Waals surface area contributed by atoms with E-state index in [-0.39, 0.29) is 17.2 Å². The van der Waals surface area contributed by atoms with Crippen molar-refractivity contribution in [1.82, 2.24) is 10.2 Å². The number of ether oxygens (including phenoxy) is 2. The van der Waals surface area contributed by atoms with Crippen LogP contribution in [0.3, 0.4) is 0 Å². The number of carbonyl (C=O) groups excluding carboxylic acids is 2. The molecule has 2 fully saturated rings. The number of nitrogens with zero attached hydrogens (tertiary/aromatic N) is 1. The number of nitrogens with one attached hydrogen (secondary N) is 1. The lowest BCUT2D eigenvalue weighted by Crippen LogP contribution is -2.67. The summed E-state index contributed by atoms with van der Waals surface area (Å²) in [5.41, 5.74) is -0.818. The Bertz CT molecular complexity index is 424. The van der Waals surface area contributed by atoms with Crippen LogP contribution in [0.15, 0.2) is 0 Å². The number of hydrogen-bond donors (Lipinski definition) is 1. The van der Waals surface area contributed by atoms with E-state index in [9.17, 15) is 9.59 Å². The number of methoxy groups -OCH3 is 1. The minimum absolute atomic E-state index is 0.0436. The molecule has 2 heterocycles. The Morgan fingerprint density at radius 3 is 2.57 bits per heavy atom. The third-order valence-electron chi connectivity index (χ3n) is 4.49. The molecule has 0 saturated carbocycles. The van der Waals surface area contributed by atoms with E-state index in [1.54, 1.807) is 18.9 Å². The lowest BCUT2D eigenvalue weighted by Gasteiger charge is -2.44. The van der Waals surface area contributed by atoms with E-state index in [4.69, 9.17) is 9.47 Å². The molecular formula is C15H26N2O4. The van der Waals surface area contributed by atoms with Gasteiger partial charge in [0.2, 0.25) is 11.8 Å². The monoisotopic (exact) mass is 298 g/mol. The van der Waals surface area contributed by atoms with E-state index in [0.29, 0.717) is 19.8 Å². The lowest BCUT2D eigenvalue weighted by molar-refractivity contribution is -0.156. The van der Waals surface area contributed by atoms with Gasteiger partial charge in [0, 0.05) is 20.1 Å². The molecule has 0 radical (unpaired) electrons. The van der Waals surface area contributed by atoms with Crippen molar-refractivity contribution in [2.45, 2.75) is 51.8 Å². The smallest absolute Gasteiger partial charge is 0.246 e. The van der Waals surface area contributed by atoms with E-state index in [0.717, 1.165) is 6.42 Å². The molecule has 6 heteroatoms. The summed E-state index contributed by atoms with van der Waals surface area (Å²) in [6.07, 6.45) is 0.738. The van der Waals surface area contributed by atoms with Gasteiger partial charge in [-0.15, -0.1) is 0 Å². The zero-order valence-corrected chi connectivity index (χ0v) is 13.6. The second-order valence-corrected chi connectivity index (χ2v) is 7.14. The molecule has 2 aliphatic rings. The van der Waals surface area contributed by atoms with Crippen molar-refractivity contribution in [2.75, 3.05) is 26.9 Å². The second kappa shape index (κ2) is 5.57. The fourth-order valence-electron chi connectivity index (χ4n) is 2.87. The third-order valence-corrected chi connectivity index (χ3v) is 4.49. The number of piperazine rings is 1. The van der Waals surface area contributed by atoms with Crippen molar-refractivity contribution < 1.29 is 19.1 Å². The molecular weight excluding hydrogens is 272 g/mol. The predicted octanol–water partition coefficient (Wildman–Crippen LogP) is 0.554. The van der Waals surface area contributed by atoms with Crippen LogP contribution in [-0.4, -0.2) is 61.3 Å². The molecule has 2 saturated heterocycles. The summed E-state index contributed by atoms with van der Waals surface area (Å²) in [5.74, 6) is -0.155. The summed E-state index contributed by atoms with van der Waals surface area (Å²) in [7, 11) is 1.63. The Balaban J connectivity index is 2.23. The number of rotatable bonds is 3. The van der Waals surface area contributed by atoms with Crippen molar-refractivity contribution >= 4 is 11.8 Å². The highest BCUT2D eigenvalue weighted by molar-refractivity contribution is 5.97. The first kappa shape index (κ1) is 16.2. The minimum Gasteiger partial charge on any atom is -0.378 e. The number of hydrogen-bond acceptors (Lipinski definition) is 4. The molecule has 21 heavy (non-hydrogen) atoms. The van der Waals surface area contributed by atoms with Crippen molar-refractivity contribution in [3.63, 3.8) is 0 Å². The summed E-state index contributed by atoms with van der Waals surface area (Å²) in [5, 5.41) is 2.84. The molecule has 0 spiro atoms. The summed E-state index contributed by atoms with van der Waals surface area (Å²) in [6, 6.07) is -0.985. The van der Waals surface area contributed by atoms with Crippen LogP contribution < -0.4 is 5.32 Å². The van der Waals surface area contributed by atoms with Crippen molar-refractivity contribution in [1.29, 1.82) is 0 Å². The molecule has 3 unspecified atom stereocenters. The molecule has 2 rings (SSSR count). The van der Waals surface area contributed by atoms with Crippen LogP contribution in [0.4, 0.5) is 0 Å². The van der Waals surface area contributed by atoms with E-state index < -0.39 is 17.7 Å². The number of carbonyl (C=O) groups is 2. The molecule has 2 amide bonds. The Labute approximate surface area is 126 Å². The van der Waals surface area contributed by atoms with Gasteiger partial charge in [-0.25, -0.2) is 0 Å². The van der Waals surface area contributed by atoms with Crippen LogP contribution in [0.5, 0.6) is 0 Å². The normalized spacial score (nSPS) is 34.2. The van der Waals surface area contributed by atoms with Gasteiger partial charge in [-0.2, -0.15) is 0 Å². The van der Waals surface area contributed by atoms with Crippen molar-refractivity contribution in [3.05, 3.63) is 0 Å². The molecule has 0 aromatic carbocycles. The largest absolute Gasteiger partial charge is 0.378 e. The Morgan fingerprint density at radius 1 is 1.43 bits per heavy atom. The fourth-order valence-corrected chi connectivity index (χ4v) is 2.87. The lowest BCUT2D eigenvalue weighted by atomic mass is 9.83. The van der Waals surface area contributed by atoms with Gasteiger partial charge in [0.1, 0.15) is 17.7 Å². The quantitative estimate of drug-likeness (QED) is 0.826. The van der Waals surface area contributed by atoms with Gasteiger partial charge in [0.15, 0.2) is 0 Å². The van der Waals surface area contributed by atoms with Gasteiger partial charge in [0.25, 0.3) is 0 Å². The summed E-state index contributed by atoms with van der Waals surface area (Å²) >= 11 is 0. The highest BCUT2D eigenvalue weighted by Crippen LogP contribution is 2.29. The first-order valence-corrected chi connectivity index (χ1v) is 7.44. The van der Waals surface area contributed by atoms with Gasteiger partial charge in [0.05, 0.1) is 13.2 Å². The van der Waals surface area contributed by atoms with E-state index in [1.807, 2.05) is 20.8 Å². The van der Waals surface area contributed by atoms with E-state index in [1.165, 1.54) is 0 Å². The molecule has 6 nitrogen and oxygen atoms in total. The molecule has 0 bridgehead atoms. The molecule has 0 aromatic heterocycles. The van der Waals surface area contributed by atoms with Crippen LogP contribution in [0.1, 0.15) is 34.1 Å². The second-order valence-electron chi connectivity index (χ2n) is 7.14. The van der Waals surface area contributed by atoms with E-state index >= 15 is 0 Å². The van der Waals surface area contributed by atoms with Gasteiger partial charge in [-0.1, -0.05) is 20.8 Å². The SMILES string of the molecule is COC1(CN2C(=O)C(C(C)(C)C)NC(=O)C2C)CCOC1. The molecule has 2 aliphatic heterocycles. The Kier molecular flexibility index (Phi) is 4.31. The third kappa shape index (κ3) is 3.06. The van der Waals surface area contributed by atoms with Crippen LogP contribution in [0.2, 0.25) is 0 Å². The zero-order chi connectivity index (χ0) is 15.8. The van der Waals surface area contributed by atoms with Gasteiger partial charge in [-0.05, 0) is 12.3 Å². The minimum atomic E-state index is -0.502. The zero-order valence-electron chi connectivity index (χ0n) is 13.6. The highest BCUT2D eigenvalue weighted by Gasteiger charge is 2.47. The van der Waals surface area contributed by atoms with Crippen LogP contribution in [-0.2, 0) is 19.1 Å².